The van der Waals surface area contributed by atoms with Crippen molar-refractivity contribution < 1.29 is 4.79 Å². The molecule has 84 valence electrons. The van der Waals surface area contributed by atoms with Crippen molar-refractivity contribution in [3.05, 3.63) is 0 Å². The van der Waals surface area contributed by atoms with Crippen LogP contribution in [0.5, 0.6) is 0 Å². The summed E-state index contributed by atoms with van der Waals surface area (Å²) in [5.41, 5.74) is 0. The van der Waals surface area contributed by atoms with Gasteiger partial charge in [0.1, 0.15) is 6.04 Å². The maximum atomic E-state index is 11.7. The van der Waals surface area contributed by atoms with Crippen LogP contribution in [-0.2, 0) is 4.79 Å². The molecule has 0 aromatic carbocycles. The van der Waals surface area contributed by atoms with Crippen LogP contribution in [0.1, 0.15) is 38.5 Å². The fourth-order valence-corrected chi connectivity index (χ4v) is 2.58. The predicted octanol–water partition coefficient (Wildman–Crippen LogP) is 1.32. The Balaban J connectivity index is 1.89. The van der Waals surface area contributed by atoms with Gasteiger partial charge in [0.2, 0.25) is 0 Å². The largest absolute Gasteiger partial charge is 0.344 e. The molecule has 4 nitrogen and oxygen atoms in total. The van der Waals surface area contributed by atoms with Crippen molar-refractivity contribution in [2.75, 3.05) is 7.05 Å². The third-order valence-electron chi connectivity index (χ3n) is 3.57. The van der Waals surface area contributed by atoms with Gasteiger partial charge in [0.25, 0.3) is 5.91 Å². The third kappa shape index (κ3) is 2.13. The molecule has 1 unspecified atom stereocenters. The Morgan fingerprint density at radius 2 is 2.07 bits per heavy atom. The van der Waals surface area contributed by atoms with Gasteiger partial charge in [-0.2, -0.15) is 0 Å². The van der Waals surface area contributed by atoms with E-state index in [2.05, 4.69) is 5.32 Å². The number of carbonyl (C=O) groups excluding carboxylic acids is 1. The molecule has 1 aliphatic heterocycles. The standard InChI is InChI=1S/C11H19N3O/c1-14-10(15)9(13-11(14)12)7-8-5-3-2-4-6-8/h8-9H,2-7H2,1H3,(H2,12,13). The summed E-state index contributed by atoms with van der Waals surface area (Å²) in [4.78, 5) is 13.1. The lowest BCUT2D eigenvalue weighted by molar-refractivity contribution is -0.126. The van der Waals surface area contributed by atoms with Gasteiger partial charge in [-0.15, -0.1) is 0 Å². The molecule has 1 saturated heterocycles. The molecular weight excluding hydrogens is 190 g/mol. The van der Waals surface area contributed by atoms with E-state index in [1.165, 1.54) is 37.0 Å². The molecule has 1 aliphatic carbocycles. The Morgan fingerprint density at radius 3 is 2.60 bits per heavy atom. The number of likely N-dealkylation sites (N-methyl/N-ethyl adjacent to an activating group) is 1. The minimum absolute atomic E-state index is 0.0607. The molecule has 2 N–H and O–H groups in total. The molecule has 0 aromatic rings. The van der Waals surface area contributed by atoms with Crippen molar-refractivity contribution in [2.45, 2.75) is 44.6 Å². The molecule has 2 aliphatic rings. The van der Waals surface area contributed by atoms with Gasteiger partial charge in [-0.25, -0.2) is 0 Å². The molecule has 1 heterocycles. The average molecular weight is 209 g/mol. The molecule has 2 rings (SSSR count). The number of hydrogen-bond donors (Lipinski definition) is 2. The minimum atomic E-state index is -0.134. The van der Waals surface area contributed by atoms with Crippen LogP contribution in [0.4, 0.5) is 0 Å². The van der Waals surface area contributed by atoms with Gasteiger partial charge < -0.3 is 5.32 Å². The van der Waals surface area contributed by atoms with Crippen LogP contribution in [0.2, 0.25) is 0 Å². The normalized spacial score (nSPS) is 28.3. The first-order chi connectivity index (χ1) is 7.18. The summed E-state index contributed by atoms with van der Waals surface area (Å²) in [5.74, 6) is 0.992. The van der Waals surface area contributed by atoms with Crippen LogP contribution in [-0.4, -0.2) is 29.9 Å². The van der Waals surface area contributed by atoms with E-state index in [1.807, 2.05) is 0 Å². The zero-order valence-electron chi connectivity index (χ0n) is 9.25. The van der Waals surface area contributed by atoms with Gasteiger partial charge in [0.05, 0.1) is 0 Å². The Kier molecular flexibility index (Phi) is 2.93. The van der Waals surface area contributed by atoms with Crippen molar-refractivity contribution in [1.29, 1.82) is 5.41 Å². The number of guanidine groups is 1. The van der Waals surface area contributed by atoms with Gasteiger partial charge in [-0.3, -0.25) is 15.1 Å². The van der Waals surface area contributed by atoms with Crippen LogP contribution in [0.25, 0.3) is 0 Å². The number of carbonyl (C=O) groups is 1. The first-order valence-electron chi connectivity index (χ1n) is 5.81. The second kappa shape index (κ2) is 4.21. The third-order valence-corrected chi connectivity index (χ3v) is 3.57. The molecule has 0 bridgehead atoms. The fourth-order valence-electron chi connectivity index (χ4n) is 2.58. The number of nitrogens with one attached hydrogen (secondary N) is 2. The topological polar surface area (TPSA) is 56.2 Å². The average Bonchev–Trinajstić information content (AvgIpc) is 2.48. The molecule has 0 radical (unpaired) electrons. The maximum Gasteiger partial charge on any atom is 0.251 e. The zero-order valence-corrected chi connectivity index (χ0v) is 9.25. The van der Waals surface area contributed by atoms with Crippen molar-refractivity contribution in [1.82, 2.24) is 10.2 Å². The minimum Gasteiger partial charge on any atom is -0.344 e. The molecule has 0 aromatic heterocycles. The van der Waals surface area contributed by atoms with Crippen molar-refractivity contribution >= 4 is 11.9 Å². The summed E-state index contributed by atoms with van der Waals surface area (Å²) < 4.78 is 0. The van der Waals surface area contributed by atoms with Crippen molar-refractivity contribution in [3.8, 4) is 0 Å². The molecule has 15 heavy (non-hydrogen) atoms. The number of nitrogens with zero attached hydrogens (tertiary/aromatic N) is 1. The highest BCUT2D eigenvalue weighted by Crippen LogP contribution is 2.28. The Bertz CT molecular complexity index is 271. The Morgan fingerprint density at radius 1 is 1.40 bits per heavy atom. The maximum absolute atomic E-state index is 11.7. The Labute approximate surface area is 90.5 Å². The second-order valence-corrected chi connectivity index (χ2v) is 4.68. The summed E-state index contributed by atoms with van der Waals surface area (Å²) in [6.45, 7) is 0. The molecule has 1 amide bonds. The predicted molar refractivity (Wildman–Crippen MR) is 58.6 cm³/mol. The van der Waals surface area contributed by atoms with Crippen molar-refractivity contribution in [3.63, 3.8) is 0 Å². The van der Waals surface area contributed by atoms with Gasteiger partial charge in [0.15, 0.2) is 5.96 Å². The van der Waals surface area contributed by atoms with Crippen LogP contribution >= 0.6 is 0 Å². The highest BCUT2D eigenvalue weighted by Gasteiger charge is 2.34. The van der Waals surface area contributed by atoms with E-state index in [-0.39, 0.29) is 17.9 Å². The lowest BCUT2D eigenvalue weighted by Gasteiger charge is -2.23. The molecule has 4 heteroatoms. The van der Waals surface area contributed by atoms with Crippen LogP contribution in [0, 0.1) is 11.3 Å². The van der Waals surface area contributed by atoms with Gasteiger partial charge in [-0.1, -0.05) is 32.1 Å². The van der Waals surface area contributed by atoms with E-state index in [9.17, 15) is 4.79 Å². The van der Waals surface area contributed by atoms with E-state index in [1.54, 1.807) is 7.05 Å². The number of amides is 1. The molecule has 1 atom stereocenters. The second-order valence-electron chi connectivity index (χ2n) is 4.68. The lowest BCUT2D eigenvalue weighted by atomic mass is 9.85. The van der Waals surface area contributed by atoms with Gasteiger partial charge >= 0.3 is 0 Å². The number of rotatable bonds is 2. The SMILES string of the molecule is CN1C(=N)NC(CC2CCCCC2)C1=O. The summed E-state index contributed by atoms with van der Waals surface area (Å²) in [6, 6.07) is -0.134. The highest BCUT2D eigenvalue weighted by atomic mass is 16.2. The first kappa shape index (κ1) is 10.5. The molecule has 0 spiro atoms. The van der Waals surface area contributed by atoms with Crippen LogP contribution < -0.4 is 5.32 Å². The molecule has 2 fully saturated rings. The zero-order chi connectivity index (χ0) is 10.8. The monoisotopic (exact) mass is 209 g/mol. The molecular formula is C11H19N3O. The summed E-state index contributed by atoms with van der Waals surface area (Å²) >= 11 is 0. The molecule has 1 saturated carbocycles. The summed E-state index contributed by atoms with van der Waals surface area (Å²) in [5, 5.41) is 10.5. The van der Waals surface area contributed by atoms with E-state index in [0.29, 0.717) is 5.92 Å². The van der Waals surface area contributed by atoms with E-state index in [4.69, 9.17) is 5.41 Å². The van der Waals surface area contributed by atoms with Crippen molar-refractivity contribution in [2.24, 2.45) is 5.92 Å². The quantitative estimate of drug-likeness (QED) is 0.720. The lowest BCUT2D eigenvalue weighted by Crippen LogP contribution is -2.32. The summed E-state index contributed by atoms with van der Waals surface area (Å²) in [7, 11) is 1.67. The summed E-state index contributed by atoms with van der Waals surface area (Å²) in [6.07, 6.45) is 7.37. The van der Waals surface area contributed by atoms with E-state index >= 15 is 0 Å². The fraction of sp³-hybridized carbons (Fsp3) is 0.818. The number of hydrogen-bond acceptors (Lipinski definition) is 2. The van der Waals surface area contributed by atoms with Crippen LogP contribution in [0.15, 0.2) is 0 Å². The van der Waals surface area contributed by atoms with E-state index in [0.717, 1.165) is 6.42 Å². The Hall–Kier alpha value is -1.06. The highest BCUT2D eigenvalue weighted by molar-refractivity contribution is 6.04. The van der Waals surface area contributed by atoms with Gasteiger partial charge in [0, 0.05) is 7.05 Å². The van der Waals surface area contributed by atoms with E-state index < -0.39 is 0 Å². The van der Waals surface area contributed by atoms with Gasteiger partial charge in [-0.05, 0) is 12.3 Å². The first-order valence-corrected chi connectivity index (χ1v) is 5.81. The smallest absolute Gasteiger partial charge is 0.251 e. The van der Waals surface area contributed by atoms with Crippen LogP contribution in [0.3, 0.4) is 0 Å².